The molecular formula is C24H17F2N5O3. The first kappa shape index (κ1) is 21.3. The first-order valence-electron chi connectivity index (χ1n) is 10.3. The first-order valence-corrected chi connectivity index (χ1v) is 10.3. The van der Waals surface area contributed by atoms with Crippen LogP contribution < -0.4 is 10.9 Å². The van der Waals surface area contributed by atoms with Crippen LogP contribution in [0, 0.1) is 11.6 Å². The average molecular weight is 461 g/mol. The monoisotopic (exact) mass is 461 g/mol. The highest BCUT2D eigenvalue weighted by atomic mass is 19.2. The van der Waals surface area contributed by atoms with Crippen molar-refractivity contribution >= 4 is 16.9 Å². The smallest absolute Gasteiger partial charge is 0.263 e. The summed E-state index contributed by atoms with van der Waals surface area (Å²) in [6.45, 7) is 0.0315. The molecule has 10 heteroatoms. The maximum atomic E-state index is 13.5. The number of benzene rings is 1. The minimum atomic E-state index is -1.00. The number of fused-ring (bicyclic) bond motifs is 1. The van der Waals surface area contributed by atoms with Gasteiger partial charge in [0.25, 0.3) is 11.5 Å². The SMILES string of the molecule is O=C(NCc1coc(-c2c[nH]c3ncccc23)n1)c1cccn(Cc2ccc(F)c(F)c2)c1=O. The summed E-state index contributed by atoms with van der Waals surface area (Å²) < 4.78 is 33.4. The number of nitrogens with zero attached hydrogens (tertiary/aromatic N) is 3. The van der Waals surface area contributed by atoms with Crippen molar-refractivity contribution in [2.45, 2.75) is 13.1 Å². The van der Waals surface area contributed by atoms with Gasteiger partial charge in [0.2, 0.25) is 5.89 Å². The molecule has 0 aliphatic rings. The summed E-state index contributed by atoms with van der Waals surface area (Å²) in [6, 6.07) is 10.0. The molecule has 5 rings (SSSR count). The van der Waals surface area contributed by atoms with Crippen LogP contribution in [0.15, 0.2) is 76.5 Å². The second kappa shape index (κ2) is 8.74. The van der Waals surface area contributed by atoms with Gasteiger partial charge in [0.1, 0.15) is 17.5 Å². The topological polar surface area (TPSA) is 106 Å². The number of nitrogens with one attached hydrogen (secondary N) is 2. The molecule has 0 saturated carbocycles. The van der Waals surface area contributed by atoms with Crippen molar-refractivity contribution in [2.75, 3.05) is 0 Å². The molecule has 2 N–H and O–H groups in total. The molecule has 1 aromatic carbocycles. The fourth-order valence-electron chi connectivity index (χ4n) is 3.58. The summed E-state index contributed by atoms with van der Waals surface area (Å²) >= 11 is 0. The summed E-state index contributed by atoms with van der Waals surface area (Å²) in [5.74, 6) is -2.19. The molecule has 0 radical (unpaired) electrons. The van der Waals surface area contributed by atoms with Crippen molar-refractivity contribution in [3.8, 4) is 11.5 Å². The molecule has 8 nitrogen and oxygen atoms in total. The van der Waals surface area contributed by atoms with Crippen molar-refractivity contribution in [3.63, 3.8) is 0 Å². The van der Waals surface area contributed by atoms with Gasteiger partial charge in [-0.1, -0.05) is 6.07 Å². The van der Waals surface area contributed by atoms with Gasteiger partial charge in [-0.3, -0.25) is 9.59 Å². The number of halogens is 2. The number of oxazole rings is 1. The van der Waals surface area contributed by atoms with E-state index < -0.39 is 23.1 Å². The lowest BCUT2D eigenvalue weighted by Crippen LogP contribution is -2.32. The van der Waals surface area contributed by atoms with Crippen molar-refractivity contribution in [1.82, 2.24) is 24.8 Å². The lowest BCUT2D eigenvalue weighted by molar-refractivity contribution is 0.0948. The van der Waals surface area contributed by atoms with Gasteiger partial charge in [-0.2, -0.15) is 0 Å². The Bertz CT molecular complexity index is 1570. The quantitative estimate of drug-likeness (QED) is 0.402. The van der Waals surface area contributed by atoms with E-state index in [1.165, 1.54) is 35.2 Å². The predicted molar refractivity (Wildman–Crippen MR) is 119 cm³/mol. The molecule has 5 aromatic rings. The van der Waals surface area contributed by atoms with E-state index in [0.29, 0.717) is 22.8 Å². The standard InChI is InChI=1S/C24H17F2N5O3/c25-19-6-5-14(9-20(19)26)12-31-8-2-4-17(24(31)33)22(32)29-10-15-13-34-23(30-15)18-11-28-21-16(18)3-1-7-27-21/h1-9,11,13H,10,12H2,(H,27,28)(H,29,32). The molecule has 0 bridgehead atoms. The molecule has 170 valence electrons. The van der Waals surface area contributed by atoms with Gasteiger partial charge in [-0.25, -0.2) is 18.7 Å². The van der Waals surface area contributed by atoms with Gasteiger partial charge >= 0.3 is 0 Å². The van der Waals surface area contributed by atoms with Gasteiger partial charge < -0.3 is 19.3 Å². The molecule has 0 unspecified atom stereocenters. The van der Waals surface area contributed by atoms with Gasteiger partial charge in [0, 0.05) is 24.0 Å². The number of amides is 1. The number of rotatable bonds is 6. The molecular weight excluding hydrogens is 444 g/mol. The Morgan fingerprint density at radius 3 is 2.88 bits per heavy atom. The van der Waals surface area contributed by atoms with E-state index in [4.69, 9.17) is 4.42 Å². The summed E-state index contributed by atoms with van der Waals surface area (Å²) in [4.78, 5) is 37.1. The summed E-state index contributed by atoms with van der Waals surface area (Å²) in [5.41, 5.74) is 1.66. The molecule has 0 saturated heterocycles. The van der Waals surface area contributed by atoms with Crippen LogP contribution in [0.25, 0.3) is 22.5 Å². The van der Waals surface area contributed by atoms with Gasteiger partial charge in [0.05, 0.1) is 24.3 Å². The molecule has 0 aliphatic carbocycles. The molecule has 0 spiro atoms. The third kappa shape index (κ3) is 4.08. The molecule has 4 heterocycles. The van der Waals surface area contributed by atoms with E-state index in [2.05, 4.69) is 20.3 Å². The Kier molecular flexibility index (Phi) is 5.46. The van der Waals surface area contributed by atoms with Crippen LogP contribution in [-0.4, -0.2) is 25.4 Å². The van der Waals surface area contributed by atoms with Crippen LogP contribution in [0.1, 0.15) is 21.6 Å². The maximum absolute atomic E-state index is 13.5. The van der Waals surface area contributed by atoms with E-state index >= 15 is 0 Å². The third-order valence-electron chi connectivity index (χ3n) is 5.27. The van der Waals surface area contributed by atoms with Crippen molar-refractivity contribution in [3.05, 3.63) is 106 Å². The molecule has 34 heavy (non-hydrogen) atoms. The zero-order chi connectivity index (χ0) is 23.7. The lowest BCUT2D eigenvalue weighted by atomic mass is 10.2. The van der Waals surface area contributed by atoms with E-state index in [9.17, 15) is 18.4 Å². The molecule has 1 amide bonds. The summed E-state index contributed by atoms with van der Waals surface area (Å²) in [5, 5.41) is 3.51. The van der Waals surface area contributed by atoms with Crippen LogP contribution in [0.3, 0.4) is 0 Å². The minimum absolute atomic E-state index is 0.0106. The molecule has 0 fully saturated rings. The van der Waals surface area contributed by atoms with Crippen molar-refractivity contribution in [2.24, 2.45) is 0 Å². The zero-order valence-corrected chi connectivity index (χ0v) is 17.6. The van der Waals surface area contributed by atoms with Crippen molar-refractivity contribution in [1.29, 1.82) is 0 Å². The summed E-state index contributed by atoms with van der Waals surface area (Å²) in [6.07, 6.45) is 6.32. The number of pyridine rings is 2. The van der Waals surface area contributed by atoms with E-state index in [1.807, 2.05) is 12.1 Å². The highest BCUT2D eigenvalue weighted by molar-refractivity contribution is 5.93. The Morgan fingerprint density at radius 1 is 1.15 bits per heavy atom. The first-order chi connectivity index (χ1) is 16.5. The number of aromatic nitrogens is 4. The number of hydrogen-bond acceptors (Lipinski definition) is 5. The molecule has 0 atom stereocenters. The number of carbonyl (C=O) groups excluding carboxylic acids is 1. The minimum Gasteiger partial charge on any atom is -0.444 e. The van der Waals surface area contributed by atoms with Crippen LogP contribution in [-0.2, 0) is 13.1 Å². The number of aromatic amines is 1. The Balaban J connectivity index is 1.29. The van der Waals surface area contributed by atoms with Crippen LogP contribution in [0.4, 0.5) is 8.78 Å². The Labute approximate surface area is 190 Å². The van der Waals surface area contributed by atoms with E-state index in [0.717, 1.165) is 23.1 Å². The second-order valence-corrected chi connectivity index (χ2v) is 7.53. The third-order valence-corrected chi connectivity index (χ3v) is 5.27. The van der Waals surface area contributed by atoms with Crippen LogP contribution in [0.5, 0.6) is 0 Å². The Hall–Kier alpha value is -4.60. The number of hydrogen-bond donors (Lipinski definition) is 2. The number of carbonyl (C=O) groups is 1. The summed E-state index contributed by atoms with van der Waals surface area (Å²) in [7, 11) is 0. The largest absolute Gasteiger partial charge is 0.444 e. The molecule has 0 aliphatic heterocycles. The van der Waals surface area contributed by atoms with Gasteiger partial charge in [0.15, 0.2) is 11.6 Å². The van der Waals surface area contributed by atoms with E-state index in [-0.39, 0.29) is 18.7 Å². The highest BCUT2D eigenvalue weighted by Crippen LogP contribution is 2.26. The molecule has 4 aromatic heterocycles. The Morgan fingerprint density at radius 2 is 2.03 bits per heavy atom. The zero-order valence-electron chi connectivity index (χ0n) is 17.6. The van der Waals surface area contributed by atoms with Crippen LogP contribution >= 0.6 is 0 Å². The van der Waals surface area contributed by atoms with Gasteiger partial charge in [-0.05, 0) is 42.0 Å². The second-order valence-electron chi connectivity index (χ2n) is 7.53. The highest BCUT2D eigenvalue weighted by Gasteiger charge is 2.15. The van der Waals surface area contributed by atoms with E-state index in [1.54, 1.807) is 12.4 Å². The maximum Gasteiger partial charge on any atom is 0.263 e. The fraction of sp³-hybridized carbons (Fsp3) is 0.0833. The van der Waals surface area contributed by atoms with Crippen molar-refractivity contribution < 1.29 is 18.0 Å². The lowest BCUT2D eigenvalue weighted by Gasteiger charge is -2.09. The predicted octanol–water partition coefficient (Wildman–Crippen LogP) is 3.64. The number of H-pyrrole nitrogens is 1. The van der Waals surface area contributed by atoms with Gasteiger partial charge in [-0.15, -0.1) is 0 Å². The van der Waals surface area contributed by atoms with Crippen LogP contribution in [0.2, 0.25) is 0 Å². The average Bonchev–Trinajstić information content (AvgIpc) is 3.48. The fourth-order valence-corrected chi connectivity index (χ4v) is 3.58. The normalized spacial score (nSPS) is 11.1.